The largest absolute Gasteiger partial charge is 0.394 e. The summed E-state index contributed by atoms with van der Waals surface area (Å²) in [5.41, 5.74) is 6.77. The fraction of sp³-hybridized carbons (Fsp3) is 0.643. The van der Waals surface area contributed by atoms with Crippen molar-refractivity contribution in [2.24, 2.45) is 5.73 Å². The average molecular weight is 283 g/mol. The minimum atomic E-state index is -0.353. The molecule has 3 atom stereocenters. The Labute approximate surface area is 118 Å². The van der Waals surface area contributed by atoms with Crippen molar-refractivity contribution in [3.63, 3.8) is 0 Å². The molecule has 1 aromatic rings. The molecule has 1 aromatic heterocycles. The van der Waals surface area contributed by atoms with Crippen molar-refractivity contribution in [2.45, 2.75) is 31.6 Å². The summed E-state index contributed by atoms with van der Waals surface area (Å²) < 4.78 is 18.4. The number of aromatic nitrogens is 1. The zero-order valence-corrected chi connectivity index (χ0v) is 11.7. The van der Waals surface area contributed by atoms with E-state index < -0.39 is 0 Å². The summed E-state index contributed by atoms with van der Waals surface area (Å²) in [4.78, 5) is 6.24. The second kappa shape index (κ2) is 7.08. The lowest BCUT2D eigenvalue weighted by molar-refractivity contribution is -0.0954. The first-order valence-electron chi connectivity index (χ1n) is 6.94. The first-order valence-corrected chi connectivity index (χ1v) is 6.94. The third-order valence-corrected chi connectivity index (χ3v) is 3.49. The second-order valence-corrected chi connectivity index (χ2v) is 5.31. The van der Waals surface area contributed by atoms with Crippen molar-refractivity contribution in [1.82, 2.24) is 9.88 Å². The van der Waals surface area contributed by atoms with Gasteiger partial charge in [-0.2, -0.15) is 0 Å². The Bertz CT molecular complexity index is 415. The van der Waals surface area contributed by atoms with Gasteiger partial charge in [-0.1, -0.05) is 0 Å². The quantitative estimate of drug-likeness (QED) is 0.832. The van der Waals surface area contributed by atoms with Gasteiger partial charge in [0.15, 0.2) is 0 Å². The van der Waals surface area contributed by atoms with Gasteiger partial charge in [0.1, 0.15) is 5.82 Å². The van der Waals surface area contributed by atoms with Gasteiger partial charge in [-0.15, -0.1) is 0 Å². The number of nitrogens with zero attached hydrogens (tertiary/aromatic N) is 2. The molecule has 0 bridgehead atoms. The van der Waals surface area contributed by atoms with Crippen LogP contribution in [0.2, 0.25) is 0 Å². The lowest BCUT2D eigenvalue weighted by Gasteiger charge is -2.36. The SMILES string of the molecule is CC1CN(CCC(N)c2ccc(F)cn2)CC(CO)O1. The van der Waals surface area contributed by atoms with Crippen LogP contribution >= 0.6 is 0 Å². The molecule has 3 N–H and O–H groups in total. The minimum absolute atomic E-state index is 0.0341. The average Bonchev–Trinajstić information content (AvgIpc) is 2.45. The van der Waals surface area contributed by atoms with Crippen molar-refractivity contribution in [3.8, 4) is 0 Å². The summed E-state index contributed by atoms with van der Waals surface area (Å²) in [6.45, 7) is 4.39. The number of aliphatic hydroxyl groups is 1. The van der Waals surface area contributed by atoms with Gasteiger partial charge in [-0.25, -0.2) is 4.39 Å². The van der Waals surface area contributed by atoms with E-state index in [0.29, 0.717) is 12.2 Å². The van der Waals surface area contributed by atoms with E-state index in [9.17, 15) is 9.50 Å². The maximum Gasteiger partial charge on any atom is 0.141 e. The van der Waals surface area contributed by atoms with Crippen LogP contribution in [0.3, 0.4) is 0 Å². The predicted octanol–water partition coefficient (Wildman–Crippen LogP) is 0.692. The van der Waals surface area contributed by atoms with Crippen LogP contribution in [0.5, 0.6) is 0 Å². The lowest BCUT2D eigenvalue weighted by atomic mass is 10.1. The Morgan fingerprint density at radius 2 is 2.35 bits per heavy atom. The van der Waals surface area contributed by atoms with E-state index in [-0.39, 0.29) is 30.7 Å². The van der Waals surface area contributed by atoms with E-state index >= 15 is 0 Å². The summed E-state index contributed by atoms with van der Waals surface area (Å²) in [7, 11) is 0. The molecule has 2 heterocycles. The maximum atomic E-state index is 12.8. The topological polar surface area (TPSA) is 71.6 Å². The molecule has 1 fully saturated rings. The van der Waals surface area contributed by atoms with Crippen LogP contribution < -0.4 is 5.73 Å². The Morgan fingerprint density at radius 3 is 3.00 bits per heavy atom. The Hall–Kier alpha value is -1.08. The highest BCUT2D eigenvalue weighted by molar-refractivity contribution is 5.09. The number of ether oxygens (including phenoxy) is 1. The zero-order valence-electron chi connectivity index (χ0n) is 11.7. The number of hydrogen-bond donors (Lipinski definition) is 2. The molecule has 0 spiro atoms. The van der Waals surface area contributed by atoms with Crippen LogP contribution in [0.1, 0.15) is 25.1 Å². The lowest BCUT2D eigenvalue weighted by Crippen LogP contribution is -2.48. The number of aliphatic hydroxyl groups excluding tert-OH is 1. The normalized spacial score (nSPS) is 25.6. The third kappa shape index (κ3) is 4.21. The zero-order chi connectivity index (χ0) is 14.5. The molecule has 1 aliphatic rings. The molecule has 5 nitrogen and oxygen atoms in total. The molecule has 0 saturated carbocycles. The summed E-state index contributed by atoms with van der Waals surface area (Å²) in [6, 6.07) is 2.79. The van der Waals surface area contributed by atoms with Crippen molar-refractivity contribution in [1.29, 1.82) is 0 Å². The number of pyridine rings is 1. The van der Waals surface area contributed by atoms with Crippen LogP contribution in [-0.2, 0) is 4.74 Å². The van der Waals surface area contributed by atoms with Gasteiger partial charge in [-0.05, 0) is 25.5 Å². The highest BCUT2D eigenvalue weighted by Gasteiger charge is 2.24. The van der Waals surface area contributed by atoms with Gasteiger partial charge < -0.3 is 15.6 Å². The Morgan fingerprint density at radius 1 is 1.55 bits per heavy atom. The van der Waals surface area contributed by atoms with Gasteiger partial charge >= 0.3 is 0 Å². The molecule has 0 amide bonds. The van der Waals surface area contributed by atoms with Crippen LogP contribution in [-0.4, -0.2) is 53.4 Å². The predicted molar refractivity (Wildman–Crippen MR) is 73.6 cm³/mol. The molecule has 2 rings (SSSR count). The number of rotatable bonds is 5. The summed E-state index contributed by atoms with van der Waals surface area (Å²) in [6.07, 6.45) is 1.91. The molecule has 6 heteroatoms. The molecular weight excluding hydrogens is 261 g/mol. The van der Waals surface area contributed by atoms with Gasteiger partial charge in [0.25, 0.3) is 0 Å². The van der Waals surface area contributed by atoms with Crippen LogP contribution in [0, 0.1) is 5.82 Å². The smallest absolute Gasteiger partial charge is 0.141 e. The Balaban J connectivity index is 1.83. The first-order chi connectivity index (χ1) is 9.58. The van der Waals surface area contributed by atoms with E-state index in [1.54, 1.807) is 6.07 Å². The number of halogens is 1. The highest BCUT2D eigenvalue weighted by atomic mass is 19.1. The summed E-state index contributed by atoms with van der Waals surface area (Å²) in [5.74, 6) is -0.353. The monoisotopic (exact) mass is 283 g/mol. The molecule has 20 heavy (non-hydrogen) atoms. The van der Waals surface area contributed by atoms with Gasteiger partial charge in [0, 0.05) is 25.7 Å². The van der Waals surface area contributed by atoms with Crippen molar-refractivity contribution in [3.05, 3.63) is 29.8 Å². The first kappa shape index (κ1) is 15.3. The number of hydrogen-bond acceptors (Lipinski definition) is 5. The summed E-state index contributed by atoms with van der Waals surface area (Å²) >= 11 is 0. The van der Waals surface area contributed by atoms with E-state index in [0.717, 1.165) is 19.5 Å². The minimum Gasteiger partial charge on any atom is -0.394 e. The molecule has 3 unspecified atom stereocenters. The summed E-state index contributed by atoms with van der Waals surface area (Å²) in [5, 5.41) is 9.19. The third-order valence-electron chi connectivity index (χ3n) is 3.49. The number of morpholine rings is 1. The van der Waals surface area contributed by atoms with Gasteiger partial charge in [0.05, 0.1) is 30.7 Å². The highest BCUT2D eigenvalue weighted by Crippen LogP contribution is 2.15. The van der Waals surface area contributed by atoms with Crippen molar-refractivity contribution < 1.29 is 14.2 Å². The molecule has 0 aromatic carbocycles. The van der Waals surface area contributed by atoms with Gasteiger partial charge in [-0.3, -0.25) is 9.88 Å². The molecular formula is C14H22FN3O2. The molecule has 112 valence electrons. The van der Waals surface area contributed by atoms with Crippen LogP contribution in [0.4, 0.5) is 4.39 Å². The van der Waals surface area contributed by atoms with E-state index in [2.05, 4.69) is 9.88 Å². The van der Waals surface area contributed by atoms with Crippen molar-refractivity contribution >= 4 is 0 Å². The fourth-order valence-electron chi connectivity index (χ4n) is 2.50. The number of nitrogens with two attached hydrogens (primary N) is 1. The van der Waals surface area contributed by atoms with Crippen LogP contribution in [0.25, 0.3) is 0 Å². The molecule has 1 aliphatic heterocycles. The second-order valence-electron chi connectivity index (χ2n) is 5.31. The molecule has 0 radical (unpaired) electrons. The van der Waals surface area contributed by atoms with E-state index in [4.69, 9.17) is 10.5 Å². The molecule has 1 saturated heterocycles. The van der Waals surface area contributed by atoms with Crippen molar-refractivity contribution in [2.75, 3.05) is 26.2 Å². The van der Waals surface area contributed by atoms with E-state index in [1.807, 2.05) is 6.92 Å². The van der Waals surface area contributed by atoms with E-state index in [1.165, 1.54) is 12.3 Å². The van der Waals surface area contributed by atoms with Crippen LogP contribution in [0.15, 0.2) is 18.3 Å². The Kier molecular flexibility index (Phi) is 5.42. The standard InChI is InChI=1S/C14H22FN3O2/c1-10-7-18(8-12(9-19)20-10)5-4-13(16)14-3-2-11(15)6-17-14/h2-3,6,10,12-13,19H,4-5,7-9,16H2,1H3. The maximum absolute atomic E-state index is 12.8. The van der Waals surface area contributed by atoms with Gasteiger partial charge in [0.2, 0.25) is 0 Å². The fourth-order valence-corrected chi connectivity index (χ4v) is 2.50. The molecule has 0 aliphatic carbocycles.